The summed E-state index contributed by atoms with van der Waals surface area (Å²) in [5.41, 5.74) is 1.68. The lowest BCUT2D eigenvalue weighted by Crippen LogP contribution is -2.19. The van der Waals surface area contributed by atoms with Crippen LogP contribution in [-0.2, 0) is 0 Å². The van der Waals surface area contributed by atoms with E-state index in [0.29, 0.717) is 0 Å². The molecule has 0 aliphatic carbocycles. The molecule has 2 aromatic rings. The van der Waals surface area contributed by atoms with Crippen LogP contribution in [0.1, 0.15) is 26.3 Å². The van der Waals surface area contributed by atoms with Gasteiger partial charge in [-0.2, -0.15) is 0 Å². The Hall–Kier alpha value is -1.58. The highest BCUT2D eigenvalue weighted by molar-refractivity contribution is 5.73. The molecule has 0 saturated heterocycles. The summed E-state index contributed by atoms with van der Waals surface area (Å²) >= 11 is 0. The minimum atomic E-state index is -0.0534. The number of nitrogens with one attached hydrogen (secondary N) is 1. The second kappa shape index (κ2) is 3.29. The van der Waals surface area contributed by atoms with Crippen molar-refractivity contribution in [3.63, 3.8) is 0 Å². The summed E-state index contributed by atoms with van der Waals surface area (Å²) in [6.07, 6.45) is 4.32. The highest BCUT2D eigenvalue weighted by Crippen LogP contribution is 2.15. The number of aromatic nitrogens is 3. The molecule has 0 amide bonds. The summed E-state index contributed by atoms with van der Waals surface area (Å²) in [4.78, 5) is 18.4. The van der Waals surface area contributed by atoms with Gasteiger partial charge in [-0.25, -0.2) is 4.79 Å². The van der Waals surface area contributed by atoms with E-state index in [1.54, 1.807) is 17.0 Å². The SMILES string of the molecule is CCC(C)n1c(=O)[nH]c2cnccc21. The second-order valence-corrected chi connectivity index (χ2v) is 3.45. The van der Waals surface area contributed by atoms with Crippen LogP contribution in [0, 0.1) is 0 Å². The van der Waals surface area contributed by atoms with Crippen molar-refractivity contribution in [3.8, 4) is 0 Å². The summed E-state index contributed by atoms with van der Waals surface area (Å²) in [6.45, 7) is 4.10. The van der Waals surface area contributed by atoms with E-state index in [1.807, 2.05) is 13.0 Å². The van der Waals surface area contributed by atoms with Crippen molar-refractivity contribution >= 4 is 11.0 Å². The van der Waals surface area contributed by atoms with Crippen LogP contribution in [-0.4, -0.2) is 14.5 Å². The normalized spacial score (nSPS) is 13.3. The maximum Gasteiger partial charge on any atom is 0.326 e. The molecule has 1 atom stereocenters. The summed E-state index contributed by atoms with van der Waals surface area (Å²) < 4.78 is 1.77. The van der Waals surface area contributed by atoms with E-state index < -0.39 is 0 Å². The first kappa shape index (κ1) is 8.99. The predicted molar refractivity (Wildman–Crippen MR) is 55.4 cm³/mol. The van der Waals surface area contributed by atoms with Crippen molar-refractivity contribution in [1.82, 2.24) is 14.5 Å². The third-order valence-corrected chi connectivity index (χ3v) is 2.55. The van der Waals surface area contributed by atoms with Gasteiger partial charge in [0.15, 0.2) is 0 Å². The lowest BCUT2D eigenvalue weighted by molar-refractivity contribution is 0.530. The Morgan fingerprint density at radius 3 is 3.14 bits per heavy atom. The minimum Gasteiger partial charge on any atom is -0.304 e. The zero-order chi connectivity index (χ0) is 10.1. The van der Waals surface area contributed by atoms with Crippen LogP contribution >= 0.6 is 0 Å². The molecule has 2 rings (SSSR count). The molecule has 0 bridgehead atoms. The molecule has 74 valence electrons. The molecule has 0 aromatic carbocycles. The summed E-state index contributed by atoms with van der Waals surface area (Å²) in [5, 5.41) is 0. The fourth-order valence-corrected chi connectivity index (χ4v) is 1.60. The van der Waals surface area contributed by atoms with Gasteiger partial charge >= 0.3 is 5.69 Å². The van der Waals surface area contributed by atoms with Gasteiger partial charge in [-0.3, -0.25) is 9.55 Å². The highest BCUT2D eigenvalue weighted by atomic mass is 16.1. The number of pyridine rings is 1. The van der Waals surface area contributed by atoms with Crippen LogP contribution in [0.5, 0.6) is 0 Å². The molecule has 1 N–H and O–H groups in total. The summed E-state index contributed by atoms with van der Waals surface area (Å²) in [5.74, 6) is 0. The number of hydrogen-bond donors (Lipinski definition) is 1. The number of aromatic amines is 1. The maximum absolute atomic E-state index is 11.6. The van der Waals surface area contributed by atoms with E-state index in [9.17, 15) is 4.79 Å². The quantitative estimate of drug-likeness (QED) is 0.785. The monoisotopic (exact) mass is 191 g/mol. The number of imidazole rings is 1. The second-order valence-electron chi connectivity index (χ2n) is 3.45. The van der Waals surface area contributed by atoms with Crippen molar-refractivity contribution in [2.45, 2.75) is 26.3 Å². The predicted octanol–water partition coefficient (Wildman–Crippen LogP) is 1.70. The van der Waals surface area contributed by atoms with Gasteiger partial charge in [0.05, 0.1) is 17.2 Å². The first-order valence-corrected chi connectivity index (χ1v) is 4.78. The fraction of sp³-hybridized carbons (Fsp3) is 0.400. The Balaban J connectivity index is 2.74. The first-order valence-electron chi connectivity index (χ1n) is 4.78. The molecule has 1 unspecified atom stereocenters. The lowest BCUT2D eigenvalue weighted by atomic mass is 10.2. The molecule has 0 aliphatic heterocycles. The molecule has 0 fully saturated rings. The number of rotatable bonds is 2. The van der Waals surface area contributed by atoms with Gasteiger partial charge in [0.1, 0.15) is 0 Å². The van der Waals surface area contributed by atoms with E-state index in [-0.39, 0.29) is 11.7 Å². The molecule has 4 heteroatoms. The van der Waals surface area contributed by atoms with E-state index in [0.717, 1.165) is 17.5 Å². The van der Waals surface area contributed by atoms with Gasteiger partial charge in [0, 0.05) is 12.2 Å². The molecular weight excluding hydrogens is 178 g/mol. The Bertz CT molecular complexity index is 497. The van der Waals surface area contributed by atoms with Crippen LogP contribution < -0.4 is 5.69 Å². The fourth-order valence-electron chi connectivity index (χ4n) is 1.60. The topological polar surface area (TPSA) is 50.7 Å². The Kier molecular flexibility index (Phi) is 2.11. The smallest absolute Gasteiger partial charge is 0.304 e. The van der Waals surface area contributed by atoms with Gasteiger partial charge in [-0.15, -0.1) is 0 Å². The molecular formula is C10H13N3O. The van der Waals surface area contributed by atoms with Gasteiger partial charge in [0.2, 0.25) is 0 Å². The van der Waals surface area contributed by atoms with Crippen molar-refractivity contribution in [3.05, 3.63) is 28.9 Å². The maximum atomic E-state index is 11.6. The molecule has 0 spiro atoms. The van der Waals surface area contributed by atoms with Crippen molar-refractivity contribution < 1.29 is 0 Å². The van der Waals surface area contributed by atoms with Crippen molar-refractivity contribution in [2.75, 3.05) is 0 Å². The molecule has 0 saturated carbocycles. The highest BCUT2D eigenvalue weighted by Gasteiger charge is 2.10. The number of H-pyrrole nitrogens is 1. The zero-order valence-corrected chi connectivity index (χ0v) is 8.32. The first-order chi connectivity index (χ1) is 6.74. The van der Waals surface area contributed by atoms with E-state index in [2.05, 4.69) is 16.9 Å². The van der Waals surface area contributed by atoms with Gasteiger partial charge in [-0.05, 0) is 19.4 Å². The number of hydrogen-bond acceptors (Lipinski definition) is 2. The molecule has 14 heavy (non-hydrogen) atoms. The third-order valence-electron chi connectivity index (χ3n) is 2.55. The minimum absolute atomic E-state index is 0.0534. The van der Waals surface area contributed by atoms with Crippen molar-refractivity contribution in [2.24, 2.45) is 0 Å². The standard InChI is InChI=1S/C10H13N3O/c1-3-7(2)13-9-4-5-11-6-8(9)12-10(13)14/h4-7H,3H2,1-2H3,(H,12,14). The third kappa shape index (κ3) is 1.23. The zero-order valence-electron chi connectivity index (χ0n) is 8.32. The average Bonchev–Trinajstić information content (AvgIpc) is 2.53. The van der Waals surface area contributed by atoms with Gasteiger partial charge in [0.25, 0.3) is 0 Å². The van der Waals surface area contributed by atoms with Gasteiger partial charge < -0.3 is 4.98 Å². The molecule has 2 aromatic heterocycles. The number of fused-ring (bicyclic) bond motifs is 1. The molecule has 0 radical (unpaired) electrons. The Morgan fingerprint density at radius 2 is 2.43 bits per heavy atom. The summed E-state index contributed by atoms with van der Waals surface area (Å²) in [6, 6.07) is 2.08. The van der Waals surface area contributed by atoms with Crippen LogP contribution in [0.4, 0.5) is 0 Å². The molecule has 0 aliphatic rings. The lowest BCUT2D eigenvalue weighted by Gasteiger charge is -2.09. The van der Waals surface area contributed by atoms with Crippen molar-refractivity contribution in [1.29, 1.82) is 0 Å². The van der Waals surface area contributed by atoms with Crippen LogP contribution in [0.2, 0.25) is 0 Å². The van der Waals surface area contributed by atoms with Crippen LogP contribution in [0.25, 0.3) is 11.0 Å². The van der Waals surface area contributed by atoms with E-state index in [4.69, 9.17) is 0 Å². The van der Waals surface area contributed by atoms with E-state index >= 15 is 0 Å². The Morgan fingerprint density at radius 1 is 1.64 bits per heavy atom. The summed E-state index contributed by atoms with van der Waals surface area (Å²) in [7, 11) is 0. The molecule has 4 nitrogen and oxygen atoms in total. The molecule has 2 heterocycles. The van der Waals surface area contributed by atoms with Crippen LogP contribution in [0.15, 0.2) is 23.3 Å². The van der Waals surface area contributed by atoms with Gasteiger partial charge in [-0.1, -0.05) is 6.92 Å². The van der Waals surface area contributed by atoms with Crippen LogP contribution in [0.3, 0.4) is 0 Å². The average molecular weight is 191 g/mol. The Labute approximate surface area is 81.6 Å². The van der Waals surface area contributed by atoms with E-state index in [1.165, 1.54) is 0 Å². The number of nitrogens with zero attached hydrogens (tertiary/aromatic N) is 2. The largest absolute Gasteiger partial charge is 0.326 e.